The normalized spacial score (nSPS) is 9.44. The summed E-state index contributed by atoms with van der Waals surface area (Å²) in [6.45, 7) is 4.00. The van der Waals surface area contributed by atoms with Crippen molar-refractivity contribution in [2.75, 3.05) is 12.8 Å². The third-order valence-corrected chi connectivity index (χ3v) is 1.94. The largest absolute Gasteiger partial charge is 0.452 e. The van der Waals surface area contributed by atoms with Crippen LogP contribution in [-0.4, -0.2) is 22.8 Å². The lowest BCUT2D eigenvalue weighted by molar-refractivity contribution is 0.174. The van der Waals surface area contributed by atoms with Gasteiger partial charge in [-0.05, 0) is 12.1 Å². The minimum atomic E-state index is -0.531. The predicted octanol–water partition coefficient (Wildman–Crippen LogP) is 2.26. The van der Waals surface area contributed by atoms with Crippen LogP contribution in [0, 0.1) is 0 Å². The number of aromatic nitrogens is 2. The lowest BCUT2D eigenvalue weighted by Gasteiger charge is -2.01. The summed E-state index contributed by atoms with van der Waals surface area (Å²) in [6, 6.07) is 7.18. The van der Waals surface area contributed by atoms with E-state index in [2.05, 4.69) is 9.72 Å². The van der Waals surface area contributed by atoms with Crippen molar-refractivity contribution in [2.45, 2.75) is 13.8 Å². The number of ether oxygens (including phenoxy) is 1. The van der Waals surface area contributed by atoms with Crippen LogP contribution in [-0.2, 0) is 4.74 Å². The monoisotopic (exact) mass is 221 g/mol. The van der Waals surface area contributed by atoms with Crippen molar-refractivity contribution >= 4 is 23.1 Å². The first-order valence-corrected chi connectivity index (χ1v) is 5.05. The van der Waals surface area contributed by atoms with Gasteiger partial charge in [0.1, 0.15) is 0 Å². The Kier molecular flexibility index (Phi) is 3.88. The second-order valence-electron chi connectivity index (χ2n) is 2.76. The van der Waals surface area contributed by atoms with Gasteiger partial charge in [0, 0.05) is 0 Å². The fourth-order valence-electron chi connectivity index (χ4n) is 1.33. The molecule has 86 valence electrons. The zero-order valence-electron chi connectivity index (χ0n) is 9.60. The molecule has 0 saturated carbocycles. The van der Waals surface area contributed by atoms with Crippen LogP contribution in [0.15, 0.2) is 24.3 Å². The van der Waals surface area contributed by atoms with E-state index in [0.29, 0.717) is 11.0 Å². The smallest absolute Gasteiger partial charge is 0.421 e. The number of nitrogen functional groups attached to an aromatic ring is 1. The number of fused-ring (bicyclic) bond motifs is 1. The highest BCUT2D eigenvalue weighted by Gasteiger charge is 2.13. The Hall–Kier alpha value is -2.04. The topological polar surface area (TPSA) is 70.1 Å². The van der Waals surface area contributed by atoms with Gasteiger partial charge in [0.25, 0.3) is 0 Å². The lowest BCUT2D eigenvalue weighted by Crippen LogP contribution is -2.13. The van der Waals surface area contributed by atoms with Gasteiger partial charge in [-0.1, -0.05) is 26.0 Å². The average Bonchev–Trinajstić information content (AvgIpc) is 2.66. The van der Waals surface area contributed by atoms with Crippen molar-refractivity contribution in [2.24, 2.45) is 0 Å². The van der Waals surface area contributed by atoms with E-state index in [1.165, 1.54) is 11.7 Å². The number of para-hydroxylation sites is 2. The quantitative estimate of drug-likeness (QED) is 0.740. The SMILES string of the molecule is CC.COC(=O)n1c(N)nc2ccccc21. The zero-order valence-corrected chi connectivity index (χ0v) is 9.60. The minimum absolute atomic E-state index is 0.137. The van der Waals surface area contributed by atoms with Gasteiger partial charge in [-0.15, -0.1) is 0 Å². The van der Waals surface area contributed by atoms with Crippen molar-refractivity contribution in [1.29, 1.82) is 0 Å². The first-order chi connectivity index (χ1) is 7.74. The number of anilines is 1. The van der Waals surface area contributed by atoms with E-state index in [4.69, 9.17) is 5.73 Å². The number of imidazole rings is 1. The molecular weight excluding hydrogens is 206 g/mol. The zero-order chi connectivity index (χ0) is 12.1. The summed E-state index contributed by atoms with van der Waals surface area (Å²) >= 11 is 0. The maximum atomic E-state index is 11.3. The number of carbonyl (C=O) groups is 1. The molecule has 0 radical (unpaired) electrons. The number of carbonyl (C=O) groups excluding carboxylic acids is 1. The van der Waals surface area contributed by atoms with Gasteiger partial charge in [0.15, 0.2) is 0 Å². The first-order valence-electron chi connectivity index (χ1n) is 5.05. The van der Waals surface area contributed by atoms with Gasteiger partial charge in [-0.25, -0.2) is 14.3 Å². The molecule has 2 N–H and O–H groups in total. The molecule has 1 aromatic carbocycles. The van der Waals surface area contributed by atoms with E-state index < -0.39 is 6.09 Å². The average molecular weight is 221 g/mol. The predicted molar refractivity (Wildman–Crippen MR) is 63.3 cm³/mol. The number of hydrogen-bond acceptors (Lipinski definition) is 4. The van der Waals surface area contributed by atoms with E-state index in [1.807, 2.05) is 26.0 Å². The van der Waals surface area contributed by atoms with Crippen LogP contribution >= 0.6 is 0 Å². The molecular formula is C11H15N3O2. The molecule has 5 heteroatoms. The fourth-order valence-corrected chi connectivity index (χ4v) is 1.33. The Bertz CT molecular complexity index is 491. The summed E-state index contributed by atoms with van der Waals surface area (Å²) in [5, 5.41) is 0. The van der Waals surface area contributed by atoms with Crippen LogP contribution in [0.5, 0.6) is 0 Å². The highest BCUT2D eigenvalue weighted by molar-refractivity contribution is 5.89. The molecule has 0 aliphatic heterocycles. The Labute approximate surface area is 93.8 Å². The summed E-state index contributed by atoms with van der Waals surface area (Å²) in [7, 11) is 1.30. The van der Waals surface area contributed by atoms with Crippen molar-refractivity contribution < 1.29 is 9.53 Å². The number of hydrogen-bond donors (Lipinski definition) is 1. The molecule has 2 aromatic rings. The molecule has 1 heterocycles. The van der Waals surface area contributed by atoms with Crippen LogP contribution in [0.2, 0.25) is 0 Å². The molecule has 0 bridgehead atoms. The number of rotatable bonds is 0. The van der Waals surface area contributed by atoms with E-state index in [1.54, 1.807) is 12.1 Å². The van der Waals surface area contributed by atoms with Gasteiger partial charge in [0.05, 0.1) is 18.1 Å². The Morgan fingerprint density at radius 3 is 2.62 bits per heavy atom. The van der Waals surface area contributed by atoms with Crippen LogP contribution in [0.1, 0.15) is 13.8 Å². The van der Waals surface area contributed by atoms with E-state index in [0.717, 1.165) is 0 Å². The highest BCUT2D eigenvalue weighted by atomic mass is 16.5. The summed E-state index contributed by atoms with van der Waals surface area (Å²) in [6.07, 6.45) is -0.531. The van der Waals surface area contributed by atoms with Crippen molar-refractivity contribution in [3.8, 4) is 0 Å². The van der Waals surface area contributed by atoms with Crippen LogP contribution in [0.3, 0.4) is 0 Å². The van der Waals surface area contributed by atoms with Crippen molar-refractivity contribution in [3.05, 3.63) is 24.3 Å². The van der Waals surface area contributed by atoms with Gasteiger partial charge >= 0.3 is 6.09 Å². The Morgan fingerprint density at radius 2 is 2.00 bits per heavy atom. The Balaban J connectivity index is 0.000000606. The molecule has 1 aromatic heterocycles. The lowest BCUT2D eigenvalue weighted by atomic mass is 10.3. The molecule has 0 aliphatic rings. The summed E-state index contributed by atoms with van der Waals surface area (Å²) in [5.41, 5.74) is 6.91. The van der Waals surface area contributed by atoms with Crippen LogP contribution in [0.4, 0.5) is 10.7 Å². The Morgan fingerprint density at radius 1 is 1.38 bits per heavy atom. The molecule has 0 saturated heterocycles. The third kappa shape index (κ3) is 1.98. The van der Waals surface area contributed by atoms with Gasteiger partial charge < -0.3 is 10.5 Å². The van der Waals surface area contributed by atoms with Gasteiger partial charge in [0.2, 0.25) is 5.95 Å². The molecule has 0 amide bonds. The molecule has 0 atom stereocenters. The van der Waals surface area contributed by atoms with Gasteiger partial charge in [-0.3, -0.25) is 0 Å². The molecule has 0 unspecified atom stereocenters. The highest BCUT2D eigenvalue weighted by Crippen LogP contribution is 2.17. The van der Waals surface area contributed by atoms with Crippen molar-refractivity contribution in [3.63, 3.8) is 0 Å². The fraction of sp³-hybridized carbons (Fsp3) is 0.273. The molecule has 16 heavy (non-hydrogen) atoms. The number of nitrogens with two attached hydrogens (primary N) is 1. The summed E-state index contributed by atoms with van der Waals surface area (Å²) < 4.78 is 5.82. The minimum Gasteiger partial charge on any atom is -0.452 e. The van der Waals surface area contributed by atoms with Crippen LogP contribution in [0.25, 0.3) is 11.0 Å². The van der Waals surface area contributed by atoms with E-state index in [9.17, 15) is 4.79 Å². The first kappa shape index (κ1) is 12.0. The number of methoxy groups -OCH3 is 1. The third-order valence-electron chi connectivity index (χ3n) is 1.94. The van der Waals surface area contributed by atoms with E-state index in [-0.39, 0.29) is 5.95 Å². The molecule has 0 fully saturated rings. The second kappa shape index (κ2) is 5.16. The molecule has 5 nitrogen and oxygen atoms in total. The maximum absolute atomic E-state index is 11.3. The standard InChI is InChI=1S/C9H9N3O2.C2H6/c1-14-9(13)12-7-5-3-2-4-6(7)11-8(12)10;1-2/h2-5H,1H3,(H2,10,11);1-2H3. The number of nitrogens with zero attached hydrogens (tertiary/aromatic N) is 2. The van der Waals surface area contributed by atoms with Gasteiger partial charge in [-0.2, -0.15) is 0 Å². The summed E-state index contributed by atoms with van der Waals surface area (Å²) in [5.74, 6) is 0.137. The summed E-state index contributed by atoms with van der Waals surface area (Å²) in [4.78, 5) is 15.4. The maximum Gasteiger partial charge on any atom is 0.421 e. The molecule has 2 rings (SSSR count). The molecule has 0 aliphatic carbocycles. The van der Waals surface area contributed by atoms with Crippen molar-refractivity contribution in [1.82, 2.24) is 9.55 Å². The molecule has 0 spiro atoms. The second-order valence-corrected chi connectivity index (χ2v) is 2.76. The number of benzene rings is 1. The van der Waals surface area contributed by atoms with Crippen LogP contribution < -0.4 is 5.73 Å². The van der Waals surface area contributed by atoms with E-state index >= 15 is 0 Å².